The van der Waals surface area contributed by atoms with E-state index in [1.807, 2.05) is 0 Å². The fraction of sp³-hybridized carbons (Fsp3) is 0.326. The molecule has 0 spiro atoms. The maximum absolute atomic E-state index is 3.35. The van der Waals surface area contributed by atoms with Gasteiger partial charge in [0.2, 0.25) is 0 Å². The van der Waals surface area contributed by atoms with Gasteiger partial charge in [-0.1, -0.05) is 238 Å². The van der Waals surface area contributed by atoms with E-state index in [1.54, 1.807) is 0 Å². The Morgan fingerprint density at radius 2 is 0.632 bits per heavy atom. The number of halogens is 4. The average Bonchev–Trinajstić information content (AvgIpc) is 1.63. The molecule has 0 heterocycles. The number of hydrogen-bond donors (Lipinski definition) is 0. The van der Waals surface area contributed by atoms with Crippen molar-refractivity contribution in [2.75, 3.05) is 0 Å². The molecular formula is C89H102Cl4Zr2-6. The fourth-order valence-corrected chi connectivity index (χ4v) is 12.6. The van der Waals surface area contributed by atoms with Gasteiger partial charge in [0.05, 0.1) is 0 Å². The van der Waals surface area contributed by atoms with E-state index in [-0.39, 0.29) is 71.3 Å². The van der Waals surface area contributed by atoms with E-state index < -0.39 is 0 Å². The van der Waals surface area contributed by atoms with Gasteiger partial charge in [-0.3, -0.25) is 12.2 Å². The molecule has 0 amide bonds. The predicted molar refractivity (Wildman–Crippen MR) is 395 cm³/mol. The van der Waals surface area contributed by atoms with Crippen molar-refractivity contribution in [3.63, 3.8) is 0 Å². The summed E-state index contributed by atoms with van der Waals surface area (Å²) in [6, 6.07) is 74.6. The van der Waals surface area contributed by atoms with Crippen LogP contribution in [0.5, 0.6) is 0 Å². The zero-order chi connectivity index (χ0) is 66.7. The van der Waals surface area contributed by atoms with Crippen LogP contribution in [0.1, 0.15) is 189 Å². The van der Waals surface area contributed by atoms with E-state index in [2.05, 4.69) is 381 Å². The number of benzene rings is 8. The summed E-state index contributed by atoms with van der Waals surface area (Å²) in [4.78, 5) is 0. The zero-order valence-corrected chi connectivity index (χ0v) is 68.3. The van der Waals surface area contributed by atoms with E-state index in [0.29, 0.717) is 22.7 Å². The maximum atomic E-state index is 3.35. The summed E-state index contributed by atoms with van der Waals surface area (Å²) < 4.78 is 2.83. The zero-order valence-electron chi connectivity index (χ0n) is 60.3. The van der Waals surface area contributed by atoms with Gasteiger partial charge < -0.3 is 49.6 Å². The predicted octanol–water partition coefficient (Wildman–Crippen LogP) is 12.6. The number of allylic oxidation sites excluding steroid dienone is 8. The number of hydrogen-bond acceptors (Lipinski definition) is 0. The van der Waals surface area contributed by atoms with Crippen LogP contribution in [0.15, 0.2) is 242 Å². The Hall–Kier alpha value is -4.87. The van der Waals surface area contributed by atoms with E-state index in [9.17, 15) is 0 Å². The third-order valence-corrected chi connectivity index (χ3v) is 19.9. The van der Waals surface area contributed by atoms with Gasteiger partial charge >= 0.3 is 198 Å². The van der Waals surface area contributed by atoms with Crippen LogP contribution in [-0.2, 0) is 70.1 Å². The molecule has 0 saturated heterocycles. The molecular weight excluding hydrogens is 1390 g/mol. The molecule has 95 heavy (non-hydrogen) atoms. The third-order valence-electron chi connectivity index (χ3n) is 17.1. The number of rotatable bonds is 5. The summed E-state index contributed by atoms with van der Waals surface area (Å²) in [5, 5.41) is 11.0. The van der Waals surface area contributed by atoms with Gasteiger partial charge in [0.25, 0.3) is 0 Å². The Labute approximate surface area is 629 Å². The first-order valence-electron chi connectivity index (χ1n) is 32.9. The monoisotopic (exact) mass is 1490 g/mol. The molecule has 2 unspecified atom stereocenters. The SMILES string of the molecule is CC(C)(C)c1ccc2c(c1)[cH-]c1cc(C(C)(C)C)ccc12.CC(C)(C)c1ccc2c(c1)[cH-]c1cc(C(C)(C)C)ccc12.CC1[C-]=CC(C(C)(C)C)=C1.CCC1[C-]=CC(C(C)(C)C)=C1.[Cl-].[Cl-].[Cl-].[Cl-].[Zr+2]=[C](c1ccccc1)c1ccccc1.[Zr]=[C](c1ccccc1)c1ccccc1. The first-order valence-corrected chi connectivity index (χ1v) is 35.4. The van der Waals surface area contributed by atoms with Crippen LogP contribution >= 0.6 is 0 Å². The van der Waals surface area contributed by atoms with Gasteiger partial charge in [-0.2, -0.15) is 23.3 Å². The van der Waals surface area contributed by atoms with Crippen molar-refractivity contribution in [2.24, 2.45) is 22.7 Å². The molecule has 0 fully saturated rings. The Balaban J connectivity index is 0.000000301. The van der Waals surface area contributed by atoms with Gasteiger partial charge in [0.15, 0.2) is 0 Å². The second-order valence-corrected chi connectivity index (χ2v) is 33.3. The van der Waals surface area contributed by atoms with Crippen LogP contribution in [0, 0.1) is 34.8 Å². The summed E-state index contributed by atoms with van der Waals surface area (Å²) in [6.45, 7) is 45.1. The van der Waals surface area contributed by atoms with Crippen molar-refractivity contribution in [1.82, 2.24) is 0 Å². The molecule has 10 aromatic rings. The molecule has 2 aliphatic rings. The first-order chi connectivity index (χ1) is 42.6. The Bertz CT molecular complexity index is 3720. The summed E-state index contributed by atoms with van der Waals surface area (Å²) in [5.41, 5.74) is 15.2. The van der Waals surface area contributed by atoms with Gasteiger partial charge in [-0.25, -0.2) is 12.2 Å². The quantitative estimate of drug-likeness (QED) is 0.151. The van der Waals surface area contributed by atoms with Gasteiger partial charge in [-0.05, 0) is 21.7 Å². The van der Waals surface area contributed by atoms with Gasteiger partial charge in [0, 0.05) is 0 Å². The molecule has 0 N–H and O–H groups in total. The summed E-state index contributed by atoms with van der Waals surface area (Å²) >= 11 is 2.92. The van der Waals surface area contributed by atoms with E-state index in [1.165, 1.54) is 160 Å². The molecule has 0 nitrogen and oxygen atoms in total. The topological polar surface area (TPSA) is 0 Å². The molecule has 6 heteroatoms. The van der Waals surface area contributed by atoms with Crippen LogP contribution in [0.2, 0.25) is 0 Å². The van der Waals surface area contributed by atoms with E-state index in [0.717, 1.165) is 0 Å². The summed E-state index contributed by atoms with van der Waals surface area (Å²) in [7, 11) is 0. The Morgan fingerprint density at radius 1 is 0.368 bits per heavy atom. The van der Waals surface area contributed by atoms with E-state index in [4.69, 9.17) is 0 Å². The minimum atomic E-state index is 0. The molecule has 0 aromatic heterocycles. The molecule has 500 valence electrons. The molecule has 0 radical (unpaired) electrons. The Kier molecular flexibility index (Phi) is 32.2. The van der Waals surface area contributed by atoms with Crippen molar-refractivity contribution in [1.29, 1.82) is 0 Å². The van der Waals surface area contributed by atoms with Crippen molar-refractivity contribution in [2.45, 2.75) is 167 Å². The van der Waals surface area contributed by atoms with Gasteiger partial charge in [-0.15, -0.1) is 79.5 Å². The molecule has 0 saturated carbocycles. The second-order valence-electron chi connectivity index (χ2n) is 30.9. The average molecular weight is 1500 g/mol. The molecule has 0 aliphatic heterocycles. The van der Waals surface area contributed by atoms with Crippen LogP contribution in [0.3, 0.4) is 0 Å². The van der Waals surface area contributed by atoms with Crippen molar-refractivity contribution >= 4 is 49.5 Å². The van der Waals surface area contributed by atoms with Crippen molar-refractivity contribution < 1.29 is 98.1 Å². The normalized spacial score (nSPS) is 14.2. The Morgan fingerprint density at radius 3 is 0.842 bits per heavy atom. The third kappa shape index (κ3) is 24.2. The van der Waals surface area contributed by atoms with Crippen LogP contribution in [-0.4, -0.2) is 6.41 Å². The molecule has 12 rings (SSSR count). The van der Waals surface area contributed by atoms with E-state index >= 15 is 0 Å². The molecule has 0 bridgehead atoms. The van der Waals surface area contributed by atoms with Crippen molar-refractivity contribution in [3.05, 3.63) is 298 Å². The van der Waals surface area contributed by atoms with Crippen molar-refractivity contribution in [3.8, 4) is 0 Å². The summed E-state index contributed by atoms with van der Waals surface area (Å²) in [5.74, 6) is 1.10. The van der Waals surface area contributed by atoms with Crippen LogP contribution in [0.4, 0.5) is 0 Å². The summed E-state index contributed by atoms with van der Waals surface area (Å²) in [6.07, 6.45) is 16.7. The van der Waals surface area contributed by atoms with Crippen LogP contribution in [0.25, 0.3) is 43.1 Å². The van der Waals surface area contributed by atoms with Gasteiger partial charge in [0.1, 0.15) is 0 Å². The standard InChI is InChI=1S/2C21H25.2C13H10.C11H17.C10H15.4ClH.2Zr/c2*1-20(2,3)16-7-9-18-14(12-16)11-15-13-17(21(4,5)6)8-10-19(15)18;2*1-3-7-12(8-4-1)11-13-9-5-2-6-10-13;1-5-9-6-7-10(8-9)11(2,3)4;1-8-5-6-9(7-8)10(2,3)4;;;;;;/h2*7-13H,1-6H3;2*1-10H;7-9H,5H2,1-4H3;6-8H,1-4H3;4*1H;;/q2*-1;;;2*-1;;;;;;+2/p-4. The molecule has 2 aliphatic carbocycles. The number of fused-ring (bicyclic) bond motifs is 6. The molecule has 10 aromatic carbocycles. The minimum absolute atomic E-state index is 0. The van der Waals surface area contributed by atoms with Crippen LogP contribution < -0.4 is 49.6 Å². The molecule has 2 atom stereocenters. The fourth-order valence-electron chi connectivity index (χ4n) is 10.9. The second kappa shape index (κ2) is 36.3. The first kappa shape index (κ1) is 84.4.